The Labute approximate surface area is 99.7 Å². The number of para-hydroxylation sites is 1. The van der Waals surface area contributed by atoms with Crippen LogP contribution in [-0.2, 0) is 0 Å². The monoisotopic (exact) mass is 232 g/mol. The van der Waals surface area contributed by atoms with Crippen molar-refractivity contribution in [3.05, 3.63) is 40.4 Å². The average molecular weight is 232 g/mol. The molecule has 0 amide bonds. The third-order valence-electron chi connectivity index (χ3n) is 2.49. The van der Waals surface area contributed by atoms with Crippen molar-refractivity contribution >= 4 is 10.9 Å². The first-order chi connectivity index (χ1) is 8.09. The lowest BCUT2D eigenvalue weighted by molar-refractivity contribution is 0.417. The van der Waals surface area contributed by atoms with Crippen molar-refractivity contribution in [2.45, 2.75) is 6.92 Å². The number of hydrogen-bond donors (Lipinski definition) is 1. The molecule has 0 unspecified atom stereocenters. The molecule has 0 saturated heterocycles. The smallest absolute Gasteiger partial charge is 0.279 e. The summed E-state index contributed by atoms with van der Waals surface area (Å²) in [6.07, 6.45) is 0. The Morgan fingerprint density at radius 2 is 2.06 bits per heavy atom. The zero-order valence-electron chi connectivity index (χ0n) is 10.3. The molecule has 0 atom stereocenters. The summed E-state index contributed by atoms with van der Waals surface area (Å²) >= 11 is 0. The molecule has 0 fully saturated rings. The first-order valence-corrected chi connectivity index (χ1v) is 5.46. The highest BCUT2D eigenvalue weighted by Gasteiger charge is 2.06. The normalized spacial score (nSPS) is 11.1. The standard InChI is InChI=1S/C12H16N4O/c1-9-14-11-7-5-4-6-10(11)12(17)16(9)13-8-15(2)3/h4-7,13H,8H2,1-3H3. The predicted molar refractivity (Wildman–Crippen MR) is 68.7 cm³/mol. The van der Waals surface area contributed by atoms with Crippen molar-refractivity contribution in [3.8, 4) is 0 Å². The number of fused-ring (bicyclic) bond motifs is 1. The Bertz CT molecular complexity index is 589. The van der Waals surface area contributed by atoms with Gasteiger partial charge in [-0.1, -0.05) is 12.1 Å². The Balaban J connectivity index is 2.52. The first-order valence-electron chi connectivity index (χ1n) is 5.46. The van der Waals surface area contributed by atoms with E-state index in [-0.39, 0.29) is 5.56 Å². The maximum atomic E-state index is 12.2. The van der Waals surface area contributed by atoms with Crippen LogP contribution in [0.2, 0.25) is 0 Å². The van der Waals surface area contributed by atoms with Crippen molar-refractivity contribution in [2.24, 2.45) is 0 Å². The Morgan fingerprint density at radius 1 is 1.35 bits per heavy atom. The number of aryl methyl sites for hydroxylation is 1. The van der Waals surface area contributed by atoms with Gasteiger partial charge in [-0.3, -0.25) is 9.69 Å². The number of benzene rings is 1. The van der Waals surface area contributed by atoms with Crippen LogP contribution in [0.3, 0.4) is 0 Å². The van der Waals surface area contributed by atoms with E-state index in [0.29, 0.717) is 17.9 Å². The maximum absolute atomic E-state index is 12.2. The van der Waals surface area contributed by atoms with Gasteiger partial charge in [0.2, 0.25) is 0 Å². The molecule has 0 aliphatic carbocycles. The zero-order valence-corrected chi connectivity index (χ0v) is 10.3. The second kappa shape index (κ2) is 4.55. The molecular formula is C12H16N4O. The predicted octanol–water partition coefficient (Wildman–Crippen LogP) is 0.768. The van der Waals surface area contributed by atoms with E-state index < -0.39 is 0 Å². The van der Waals surface area contributed by atoms with E-state index in [1.54, 1.807) is 6.07 Å². The van der Waals surface area contributed by atoms with Crippen LogP contribution >= 0.6 is 0 Å². The summed E-state index contributed by atoms with van der Waals surface area (Å²) < 4.78 is 1.49. The quantitative estimate of drug-likeness (QED) is 0.794. The highest BCUT2D eigenvalue weighted by Crippen LogP contribution is 2.06. The lowest BCUT2D eigenvalue weighted by atomic mass is 10.2. The molecule has 0 aliphatic heterocycles. The summed E-state index contributed by atoms with van der Waals surface area (Å²) in [6.45, 7) is 2.40. The molecular weight excluding hydrogens is 216 g/mol. The molecule has 0 radical (unpaired) electrons. The molecule has 2 rings (SSSR count). The van der Waals surface area contributed by atoms with Gasteiger partial charge in [0.05, 0.1) is 17.6 Å². The van der Waals surface area contributed by atoms with Gasteiger partial charge in [-0.25, -0.2) is 9.66 Å². The number of hydrogen-bond acceptors (Lipinski definition) is 4. The minimum absolute atomic E-state index is 0.0602. The SMILES string of the molecule is Cc1nc2ccccc2c(=O)n1NCN(C)C. The summed E-state index contributed by atoms with van der Waals surface area (Å²) in [5, 5.41) is 0.629. The molecule has 5 nitrogen and oxygen atoms in total. The summed E-state index contributed by atoms with van der Waals surface area (Å²) in [5.74, 6) is 0.663. The fourth-order valence-corrected chi connectivity index (χ4v) is 1.64. The molecule has 90 valence electrons. The number of nitrogens with one attached hydrogen (secondary N) is 1. The molecule has 2 aromatic rings. The topological polar surface area (TPSA) is 50.2 Å². The fraction of sp³-hybridized carbons (Fsp3) is 0.333. The fourth-order valence-electron chi connectivity index (χ4n) is 1.64. The van der Waals surface area contributed by atoms with Crippen LogP contribution in [0.5, 0.6) is 0 Å². The zero-order chi connectivity index (χ0) is 12.4. The molecule has 0 aliphatic rings. The molecule has 0 saturated carbocycles. The van der Waals surface area contributed by atoms with E-state index in [9.17, 15) is 4.79 Å². The highest BCUT2D eigenvalue weighted by atomic mass is 16.1. The number of nitrogens with zero attached hydrogens (tertiary/aromatic N) is 3. The van der Waals surface area contributed by atoms with Gasteiger partial charge in [-0.15, -0.1) is 0 Å². The van der Waals surface area contributed by atoms with Crippen LogP contribution in [0, 0.1) is 6.92 Å². The third kappa shape index (κ3) is 2.29. The van der Waals surface area contributed by atoms with Crippen LogP contribution in [0.1, 0.15) is 5.82 Å². The largest absolute Gasteiger partial charge is 0.307 e. The van der Waals surface area contributed by atoms with Gasteiger partial charge >= 0.3 is 0 Å². The van der Waals surface area contributed by atoms with E-state index in [2.05, 4.69) is 10.4 Å². The van der Waals surface area contributed by atoms with Gasteiger partial charge in [0.25, 0.3) is 5.56 Å². The number of aromatic nitrogens is 2. The van der Waals surface area contributed by atoms with E-state index >= 15 is 0 Å². The van der Waals surface area contributed by atoms with Crippen LogP contribution in [-0.4, -0.2) is 35.3 Å². The van der Waals surface area contributed by atoms with Crippen LogP contribution in [0.15, 0.2) is 29.1 Å². The van der Waals surface area contributed by atoms with Gasteiger partial charge in [-0.05, 0) is 33.2 Å². The molecule has 5 heteroatoms. The summed E-state index contributed by atoms with van der Waals surface area (Å²) in [5.41, 5.74) is 3.71. The maximum Gasteiger partial charge on any atom is 0.279 e. The second-order valence-electron chi connectivity index (χ2n) is 4.21. The summed E-state index contributed by atoms with van der Waals surface area (Å²) in [4.78, 5) is 18.5. The lowest BCUT2D eigenvalue weighted by Gasteiger charge is -2.16. The van der Waals surface area contributed by atoms with Crippen molar-refractivity contribution < 1.29 is 0 Å². The van der Waals surface area contributed by atoms with E-state index in [4.69, 9.17) is 0 Å². The summed E-state index contributed by atoms with van der Waals surface area (Å²) in [6, 6.07) is 7.36. The van der Waals surface area contributed by atoms with Gasteiger partial charge in [0.1, 0.15) is 5.82 Å². The van der Waals surface area contributed by atoms with Crippen LogP contribution in [0.4, 0.5) is 0 Å². The third-order valence-corrected chi connectivity index (χ3v) is 2.49. The van der Waals surface area contributed by atoms with E-state index in [0.717, 1.165) is 5.52 Å². The minimum Gasteiger partial charge on any atom is -0.307 e. The van der Waals surface area contributed by atoms with Crippen molar-refractivity contribution in [3.63, 3.8) is 0 Å². The molecule has 1 aromatic carbocycles. The first kappa shape index (κ1) is 11.6. The number of rotatable bonds is 3. The van der Waals surface area contributed by atoms with E-state index in [1.165, 1.54) is 4.68 Å². The summed E-state index contributed by atoms with van der Waals surface area (Å²) in [7, 11) is 3.86. The van der Waals surface area contributed by atoms with E-state index in [1.807, 2.05) is 44.1 Å². The van der Waals surface area contributed by atoms with Crippen LogP contribution < -0.4 is 11.0 Å². The Hall–Kier alpha value is -1.88. The van der Waals surface area contributed by atoms with Gasteiger partial charge in [-0.2, -0.15) is 0 Å². The lowest BCUT2D eigenvalue weighted by Crippen LogP contribution is -2.36. The van der Waals surface area contributed by atoms with Gasteiger partial charge in [0.15, 0.2) is 0 Å². The van der Waals surface area contributed by atoms with Crippen molar-refractivity contribution in [1.29, 1.82) is 0 Å². The average Bonchev–Trinajstić information content (AvgIpc) is 2.28. The van der Waals surface area contributed by atoms with Crippen molar-refractivity contribution in [2.75, 3.05) is 26.2 Å². The highest BCUT2D eigenvalue weighted by molar-refractivity contribution is 5.77. The van der Waals surface area contributed by atoms with Gasteiger partial charge < -0.3 is 5.43 Å². The molecule has 17 heavy (non-hydrogen) atoms. The minimum atomic E-state index is -0.0602. The van der Waals surface area contributed by atoms with Gasteiger partial charge in [0, 0.05) is 0 Å². The van der Waals surface area contributed by atoms with Crippen molar-refractivity contribution in [1.82, 2.24) is 14.6 Å². The molecule has 1 heterocycles. The Morgan fingerprint density at radius 3 is 2.76 bits per heavy atom. The second-order valence-corrected chi connectivity index (χ2v) is 4.21. The molecule has 0 bridgehead atoms. The molecule has 0 spiro atoms. The molecule has 1 N–H and O–H groups in total. The Kier molecular flexibility index (Phi) is 3.10. The molecule has 1 aromatic heterocycles. The van der Waals surface area contributed by atoms with Crippen LogP contribution in [0.25, 0.3) is 10.9 Å².